The molecule has 0 fully saturated rings. The molecule has 2 aromatic rings. The minimum Gasteiger partial charge on any atom is -0.448 e. The third kappa shape index (κ3) is 2.71. The van der Waals surface area contributed by atoms with Crippen molar-refractivity contribution in [3.63, 3.8) is 0 Å². The predicted molar refractivity (Wildman–Crippen MR) is 70.0 cm³/mol. The molecule has 0 radical (unpaired) electrons. The Balaban J connectivity index is 2.49. The van der Waals surface area contributed by atoms with Crippen LogP contribution in [0.2, 0.25) is 5.02 Å². The van der Waals surface area contributed by atoms with E-state index in [0.717, 1.165) is 0 Å². The number of aldehydes is 1. The van der Waals surface area contributed by atoms with Crippen LogP contribution in [0.25, 0.3) is 0 Å². The molecule has 2 rings (SSSR count). The van der Waals surface area contributed by atoms with E-state index in [9.17, 15) is 14.9 Å². The molecule has 0 amide bonds. The molecule has 6 heteroatoms. The molecule has 2 aromatic carbocycles. The number of nitrogens with zero attached hydrogens (tertiary/aromatic N) is 1. The molecule has 0 aromatic heterocycles. The first-order valence-electron chi connectivity index (χ1n) is 5.28. The molecule has 19 heavy (non-hydrogen) atoms. The molecular formula is C13H8ClNO4. The summed E-state index contributed by atoms with van der Waals surface area (Å²) in [6, 6.07) is 10.6. The Morgan fingerprint density at radius 2 is 1.89 bits per heavy atom. The van der Waals surface area contributed by atoms with Crippen LogP contribution >= 0.6 is 11.6 Å². The van der Waals surface area contributed by atoms with Crippen LogP contribution in [0.3, 0.4) is 0 Å². The van der Waals surface area contributed by atoms with Crippen LogP contribution in [0.4, 0.5) is 5.69 Å². The Labute approximate surface area is 113 Å². The number of hydrogen-bond donors (Lipinski definition) is 0. The number of nitro benzene ring substituents is 1. The lowest BCUT2D eigenvalue weighted by atomic mass is 10.2. The summed E-state index contributed by atoms with van der Waals surface area (Å²) >= 11 is 5.90. The fourth-order valence-electron chi connectivity index (χ4n) is 1.52. The second kappa shape index (κ2) is 5.49. The van der Waals surface area contributed by atoms with Crippen molar-refractivity contribution < 1.29 is 14.5 Å². The lowest BCUT2D eigenvalue weighted by Gasteiger charge is -2.09. The third-order valence-electron chi connectivity index (χ3n) is 2.40. The Morgan fingerprint density at radius 3 is 2.58 bits per heavy atom. The van der Waals surface area contributed by atoms with E-state index in [1.165, 1.54) is 24.3 Å². The van der Waals surface area contributed by atoms with Crippen LogP contribution in [-0.2, 0) is 0 Å². The summed E-state index contributed by atoms with van der Waals surface area (Å²) in [4.78, 5) is 21.2. The van der Waals surface area contributed by atoms with Crippen LogP contribution < -0.4 is 4.74 Å². The van der Waals surface area contributed by atoms with Crippen molar-refractivity contribution in [1.82, 2.24) is 0 Å². The van der Waals surface area contributed by atoms with Gasteiger partial charge in [-0.25, -0.2) is 0 Å². The largest absolute Gasteiger partial charge is 0.448 e. The monoisotopic (exact) mass is 277 g/mol. The van der Waals surface area contributed by atoms with Crippen LogP contribution in [0.15, 0.2) is 42.5 Å². The first kappa shape index (κ1) is 13.0. The van der Waals surface area contributed by atoms with Gasteiger partial charge in [0.25, 0.3) is 0 Å². The van der Waals surface area contributed by atoms with Gasteiger partial charge in [0.1, 0.15) is 5.75 Å². The summed E-state index contributed by atoms with van der Waals surface area (Å²) < 4.78 is 5.42. The van der Waals surface area contributed by atoms with Gasteiger partial charge in [-0.2, -0.15) is 0 Å². The number of carbonyl (C=O) groups excluding carboxylic acids is 1. The van der Waals surface area contributed by atoms with E-state index >= 15 is 0 Å². The Bertz CT molecular complexity index is 642. The highest BCUT2D eigenvalue weighted by Gasteiger charge is 2.19. The second-order valence-electron chi connectivity index (χ2n) is 3.60. The van der Waals surface area contributed by atoms with Crippen molar-refractivity contribution in [2.24, 2.45) is 0 Å². The van der Waals surface area contributed by atoms with Crippen molar-refractivity contribution in [2.45, 2.75) is 0 Å². The fourth-order valence-corrected chi connectivity index (χ4v) is 1.73. The fraction of sp³-hybridized carbons (Fsp3) is 0. The number of benzene rings is 2. The van der Waals surface area contributed by atoms with Crippen molar-refractivity contribution >= 4 is 23.6 Å². The van der Waals surface area contributed by atoms with E-state index in [2.05, 4.69) is 0 Å². The van der Waals surface area contributed by atoms with E-state index in [-0.39, 0.29) is 27.8 Å². The predicted octanol–water partition coefficient (Wildman–Crippen LogP) is 3.85. The second-order valence-corrected chi connectivity index (χ2v) is 4.01. The number of carbonyl (C=O) groups is 1. The molecule has 0 atom stereocenters. The number of halogens is 1. The Hall–Kier alpha value is -2.40. The van der Waals surface area contributed by atoms with Gasteiger partial charge in [-0.3, -0.25) is 14.9 Å². The molecule has 0 saturated heterocycles. The highest BCUT2D eigenvalue weighted by Crippen LogP contribution is 2.38. The standard InChI is InChI=1S/C13H8ClNO4/c14-10-5-3-6-11(15(17)18)13(10)19-12-7-2-1-4-9(12)8-16/h1-8H. The average Bonchev–Trinajstić information content (AvgIpc) is 2.41. The Kier molecular flexibility index (Phi) is 3.77. The normalized spacial score (nSPS) is 9.95. The third-order valence-corrected chi connectivity index (χ3v) is 2.70. The van der Waals surface area contributed by atoms with E-state index in [4.69, 9.17) is 16.3 Å². The van der Waals surface area contributed by atoms with Crippen LogP contribution in [-0.4, -0.2) is 11.2 Å². The molecule has 0 aliphatic rings. The van der Waals surface area contributed by atoms with Crippen molar-refractivity contribution in [3.8, 4) is 11.5 Å². The first-order valence-corrected chi connectivity index (χ1v) is 5.66. The minimum absolute atomic E-state index is 0.0801. The lowest BCUT2D eigenvalue weighted by molar-refractivity contribution is -0.385. The van der Waals surface area contributed by atoms with E-state index < -0.39 is 4.92 Å². The molecule has 0 aliphatic heterocycles. The number of hydrogen-bond acceptors (Lipinski definition) is 4. The SMILES string of the molecule is O=Cc1ccccc1Oc1c(Cl)cccc1[N+](=O)[O-]. The van der Waals surface area contributed by atoms with Gasteiger partial charge >= 0.3 is 5.69 Å². The van der Waals surface area contributed by atoms with Gasteiger partial charge in [0.2, 0.25) is 5.75 Å². The van der Waals surface area contributed by atoms with Crippen LogP contribution in [0, 0.1) is 10.1 Å². The van der Waals surface area contributed by atoms with Crippen LogP contribution in [0.1, 0.15) is 10.4 Å². The average molecular weight is 278 g/mol. The van der Waals surface area contributed by atoms with Gasteiger partial charge < -0.3 is 4.74 Å². The maximum Gasteiger partial charge on any atom is 0.313 e. The molecule has 0 heterocycles. The molecule has 0 unspecified atom stereocenters. The number of rotatable bonds is 4. The highest BCUT2D eigenvalue weighted by molar-refractivity contribution is 6.32. The van der Waals surface area contributed by atoms with Crippen LogP contribution in [0.5, 0.6) is 11.5 Å². The summed E-state index contributed by atoms with van der Waals surface area (Å²) in [6.07, 6.45) is 0.609. The van der Waals surface area contributed by atoms with Gasteiger partial charge in [-0.05, 0) is 18.2 Å². The molecule has 0 spiro atoms. The molecule has 0 saturated carbocycles. The van der Waals surface area contributed by atoms with Gasteiger partial charge in [0.15, 0.2) is 6.29 Å². The first-order chi connectivity index (χ1) is 9.13. The minimum atomic E-state index is -0.593. The van der Waals surface area contributed by atoms with E-state index in [0.29, 0.717) is 6.29 Å². The molecule has 0 aliphatic carbocycles. The summed E-state index contributed by atoms with van der Waals surface area (Å²) in [5.41, 5.74) is 0.0323. The topological polar surface area (TPSA) is 69.4 Å². The van der Waals surface area contributed by atoms with Gasteiger partial charge in [0.05, 0.1) is 15.5 Å². The van der Waals surface area contributed by atoms with Crippen molar-refractivity contribution in [2.75, 3.05) is 0 Å². The maximum atomic E-state index is 10.9. The van der Waals surface area contributed by atoms with Gasteiger partial charge in [-0.1, -0.05) is 29.8 Å². The molecule has 96 valence electrons. The Morgan fingerprint density at radius 1 is 1.16 bits per heavy atom. The zero-order valence-electron chi connectivity index (χ0n) is 9.58. The maximum absolute atomic E-state index is 10.9. The van der Waals surface area contributed by atoms with Crippen molar-refractivity contribution in [1.29, 1.82) is 0 Å². The number of nitro groups is 1. The highest BCUT2D eigenvalue weighted by atomic mass is 35.5. The summed E-state index contributed by atoms with van der Waals surface area (Å²) in [7, 11) is 0. The molecule has 0 bridgehead atoms. The number of ether oxygens (including phenoxy) is 1. The smallest absolute Gasteiger partial charge is 0.313 e. The lowest BCUT2D eigenvalue weighted by Crippen LogP contribution is -1.96. The number of para-hydroxylation sites is 2. The summed E-state index contributed by atoms with van der Waals surface area (Å²) in [5.74, 6) is 0.136. The quantitative estimate of drug-likeness (QED) is 0.483. The summed E-state index contributed by atoms with van der Waals surface area (Å²) in [6.45, 7) is 0. The van der Waals surface area contributed by atoms with Gasteiger partial charge in [0, 0.05) is 6.07 Å². The molecule has 0 N–H and O–H groups in total. The zero-order chi connectivity index (χ0) is 13.8. The van der Waals surface area contributed by atoms with Gasteiger partial charge in [-0.15, -0.1) is 0 Å². The van der Waals surface area contributed by atoms with Crippen molar-refractivity contribution in [3.05, 3.63) is 63.2 Å². The zero-order valence-corrected chi connectivity index (χ0v) is 10.3. The van der Waals surface area contributed by atoms with E-state index in [1.54, 1.807) is 18.2 Å². The summed E-state index contributed by atoms with van der Waals surface area (Å²) in [5, 5.41) is 11.0. The molecule has 5 nitrogen and oxygen atoms in total. The van der Waals surface area contributed by atoms with E-state index in [1.807, 2.05) is 0 Å². The molecular weight excluding hydrogens is 270 g/mol.